The lowest BCUT2D eigenvalue weighted by Gasteiger charge is -2.22. The number of rotatable bonds is 5. The third-order valence-electron chi connectivity index (χ3n) is 3.53. The minimum atomic E-state index is -3.50. The number of aryl methyl sites for hydroxylation is 1. The Morgan fingerprint density at radius 1 is 1.48 bits per heavy atom. The van der Waals surface area contributed by atoms with Gasteiger partial charge in [0.05, 0.1) is 16.4 Å². The molecule has 1 heterocycles. The van der Waals surface area contributed by atoms with Crippen molar-refractivity contribution in [1.82, 2.24) is 5.32 Å². The smallest absolute Gasteiger partial charge is 0.274 e. The van der Waals surface area contributed by atoms with Gasteiger partial charge in [-0.05, 0) is 44.8 Å². The van der Waals surface area contributed by atoms with Crippen molar-refractivity contribution in [1.29, 1.82) is 0 Å². The third-order valence-corrected chi connectivity index (χ3v) is 4.99. The maximum Gasteiger partial charge on any atom is 0.274 e. The number of anilines is 1. The number of piperidine rings is 1. The molecular weight excluding hydrogens is 294 g/mol. The van der Waals surface area contributed by atoms with Crippen molar-refractivity contribution >= 4 is 21.4 Å². The van der Waals surface area contributed by atoms with Crippen LogP contribution in [-0.2, 0) is 10.0 Å². The second kappa shape index (κ2) is 6.40. The van der Waals surface area contributed by atoms with E-state index in [9.17, 15) is 18.5 Å². The molecule has 1 aliphatic rings. The Labute approximate surface area is 123 Å². The highest BCUT2D eigenvalue weighted by Gasteiger charge is 2.22. The van der Waals surface area contributed by atoms with E-state index in [0.717, 1.165) is 19.4 Å². The molecule has 21 heavy (non-hydrogen) atoms. The Hall–Kier alpha value is -1.67. The molecule has 0 spiro atoms. The molecular formula is C13H19N3O4S. The van der Waals surface area contributed by atoms with Crippen LogP contribution in [0.25, 0.3) is 0 Å². The predicted octanol–water partition coefficient (Wildman–Crippen LogP) is 1.64. The summed E-state index contributed by atoms with van der Waals surface area (Å²) in [5.74, 6) is 0.110. The molecule has 7 nitrogen and oxygen atoms in total. The summed E-state index contributed by atoms with van der Waals surface area (Å²) in [6.07, 6.45) is 1.85. The largest absolute Gasteiger partial charge is 0.316 e. The van der Waals surface area contributed by atoms with Crippen LogP contribution < -0.4 is 10.0 Å². The first-order chi connectivity index (χ1) is 9.87. The molecule has 116 valence electrons. The summed E-state index contributed by atoms with van der Waals surface area (Å²) < 4.78 is 26.7. The first kappa shape index (κ1) is 15.7. The van der Waals surface area contributed by atoms with Crippen LogP contribution in [0.2, 0.25) is 0 Å². The van der Waals surface area contributed by atoms with Crippen LogP contribution in [0.4, 0.5) is 11.4 Å². The zero-order valence-electron chi connectivity index (χ0n) is 11.8. The topological polar surface area (TPSA) is 101 Å². The predicted molar refractivity (Wildman–Crippen MR) is 80.8 cm³/mol. The number of nitrogens with zero attached hydrogens (tertiary/aromatic N) is 1. The van der Waals surface area contributed by atoms with Crippen LogP contribution in [0.15, 0.2) is 18.2 Å². The van der Waals surface area contributed by atoms with Gasteiger partial charge in [0.2, 0.25) is 10.0 Å². The maximum absolute atomic E-state index is 12.1. The summed E-state index contributed by atoms with van der Waals surface area (Å²) in [5, 5.41) is 14.0. The zero-order valence-corrected chi connectivity index (χ0v) is 12.6. The van der Waals surface area contributed by atoms with E-state index in [1.807, 2.05) is 0 Å². The SMILES string of the molecule is Cc1ccc(NS(=O)(=O)CC2CCCNC2)cc1[N+](=O)[O-]. The monoisotopic (exact) mass is 313 g/mol. The van der Waals surface area contributed by atoms with Crippen molar-refractivity contribution in [2.24, 2.45) is 5.92 Å². The van der Waals surface area contributed by atoms with Gasteiger partial charge in [0.25, 0.3) is 5.69 Å². The normalized spacial score (nSPS) is 19.2. The van der Waals surface area contributed by atoms with Crippen molar-refractivity contribution in [3.8, 4) is 0 Å². The highest BCUT2D eigenvalue weighted by atomic mass is 32.2. The van der Waals surface area contributed by atoms with Gasteiger partial charge in [0, 0.05) is 11.6 Å². The highest BCUT2D eigenvalue weighted by Crippen LogP contribution is 2.23. The number of nitro benzene ring substituents is 1. The molecule has 2 rings (SSSR count). The van der Waals surface area contributed by atoms with Crippen molar-refractivity contribution < 1.29 is 13.3 Å². The summed E-state index contributed by atoms with van der Waals surface area (Å²) in [5.41, 5.74) is 0.644. The average Bonchev–Trinajstić information content (AvgIpc) is 2.41. The first-order valence-electron chi connectivity index (χ1n) is 6.83. The van der Waals surface area contributed by atoms with Gasteiger partial charge in [0.15, 0.2) is 0 Å². The Morgan fingerprint density at radius 3 is 2.86 bits per heavy atom. The number of nitrogens with one attached hydrogen (secondary N) is 2. The number of benzene rings is 1. The number of hydrogen-bond acceptors (Lipinski definition) is 5. The van der Waals surface area contributed by atoms with Gasteiger partial charge in [-0.2, -0.15) is 0 Å². The fraction of sp³-hybridized carbons (Fsp3) is 0.538. The van der Waals surface area contributed by atoms with E-state index in [4.69, 9.17) is 0 Å². The van der Waals surface area contributed by atoms with E-state index in [1.165, 1.54) is 12.1 Å². The second-order valence-corrected chi connectivity index (χ2v) is 7.12. The first-order valence-corrected chi connectivity index (χ1v) is 8.49. The molecule has 0 saturated carbocycles. The molecule has 0 bridgehead atoms. The van der Waals surface area contributed by atoms with Gasteiger partial charge in [-0.3, -0.25) is 14.8 Å². The van der Waals surface area contributed by atoms with E-state index in [-0.39, 0.29) is 23.0 Å². The van der Waals surface area contributed by atoms with E-state index < -0.39 is 14.9 Å². The summed E-state index contributed by atoms with van der Waals surface area (Å²) >= 11 is 0. The zero-order chi connectivity index (χ0) is 15.5. The molecule has 1 aromatic carbocycles. The van der Waals surface area contributed by atoms with Crippen LogP contribution in [0.5, 0.6) is 0 Å². The number of nitro groups is 1. The van der Waals surface area contributed by atoms with Gasteiger partial charge < -0.3 is 5.32 Å². The molecule has 0 aliphatic carbocycles. The summed E-state index contributed by atoms with van der Waals surface area (Å²) in [6.45, 7) is 3.23. The molecule has 8 heteroatoms. The second-order valence-electron chi connectivity index (χ2n) is 5.35. The molecule has 1 fully saturated rings. The van der Waals surface area contributed by atoms with Crippen molar-refractivity contribution in [3.05, 3.63) is 33.9 Å². The summed E-state index contributed by atoms with van der Waals surface area (Å²) in [6, 6.07) is 4.34. The molecule has 1 unspecified atom stereocenters. The fourth-order valence-electron chi connectivity index (χ4n) is 2.47. The lowest BCUT2D eigenvalue weighted by atomic mass is 10.0. The minimum absolute atomic E-state index is 0.0294. The van der Waals surface area contributed by atoms with Crippen LogP contribution in [-0.4, -0.2) is 32.2 Å². The van der Waals surface area contributed by atoms with E-state index >= 15 is 0 Å². The standard InChI is InChI=1S/C13H19N3O4S/c1-10-4-5-12(7-13(10)16(17)18)15-21(19,20)9-11-3-2-6-14-8-11/h4-5,7,11,14-15H,2-3,6,8-9H2,1H3. The summed E-state index contributed by atoms with van der Waals surface area (Å²) in [4.78, 5) is 10.4. The van der Waals surface area contributed by atoms with Crippen LogP contribution in [0, 0.1) is 23.0 Å². The van der Waals surface area contributed by atoms with Crippen LogP contribution in [0.3, 0.4) is 0 Å². The van der Waals surface area contributed by atoms with Gasteiger partial charge >= 0.3 is 0 Å². The summed E-state index contributed by atoms with van der Waals surface area (Å²) in [7, 11) is -3.50. The Morgan fingerprint density at radius 2 is 2.24 bits per heavy atom. The number of sulfonamides is 1. The van der Waals surface area contributed by atoms with Crippen LogP contribution >= 0.6 is 0 Å². The third kappa shape index (κ3) is 4.40. The molecule has 1 saturated heterocycles. The molecule has 1 aromatic rings. The Kier molecular flexibility index (Phi) is 4.79. The Balaban J connectivity index is 2.09. The molecule has 2 N–H and O–H groups in total. The van der Waals surface area contributed by atoms with Gasteiger partial charge in [-0.15, -0.1) is 0 Å². The molecule has 1 aliphatic heterocycles. The van der Waals surface area contributed by atoms with Crippen molar-refractivity contribution in [2.45, 2.75) is 19.8 Å². The van der Waals surface area contributed by atoms with Gasteiger partial charge in [-0.1, -0.05) is 6.07 Å². The van der Waals surface area contributed by atoms with Crippen molar-refractivity contribution in [3.63, 3.8) is 0 Å². The van der Waals surface area contributed by atoms with Crippen LogP contribution in [0.1, 0.15) is 18.4 Å². The maximum atomic E-state index is 12.1. The molecule has 0 amide bonds. The molecule has 0 radical (unpaired) electrons. The number of hydrogen-bond donors (Lipinski definition) is 2. The minimum Gasteiger partial charge on any atom is -0.316 e. The van der Waals surface area contributed by atoms with Gasteiger partial charge in [0.1, 0.15) is 0 Å². The lowest BCUT2D eigenvalue weighted by molar-refractivity contribution is -0.385. The van der Waals surface area contributed by atoms with E-state index in [0.29, 0.717) is 12.1 Å². The van der Waals surface area contributed by atoms with Gasteiger partial charge in [-0.25, -0.2) is 8.42 Å². The molecule has 1 atom stereocenters. The lowest BCUT2D eigenvalue weighted by Crippen LogP contribution is -2.35. The molecule has 0 aromatic heterocycles. The Bertz CT molecular complexity index is 624. The fourth-order valence-corrected chi connectivity index (χ4v) is 3.94. The average molecular weight is 313 g/mol. The quantitative estimate of drug-likeness (QED) is 0.635. The van der Waals surface area contributed by atoms with Crippen molar-refractivity contribution in [2.75, 3.05) is 23.6 Å². The highest BCUT2D eigenvalue weighted by molar-refractivity contribution is 7.92. The van der Waals surface area contributed by atoms with E-state index in [1.54, 1.807) is 13.0 Å². The van der Waals surface area contributed by atoms with E-state index in [2.05, 4.69) is 10.0 Å².